The normalized spacial score (nSPS) is 16.5. The monoisotopic (exact) mass is 415 g/mol. The zero-order valence-corrected chi connectivity index (χ0v) is 17.8. The minimum atomic E-state index is -0.270. The summed E-state index contributed by atoms with van der Waals surface area (Å²) in [6, 6.07) is 4.36. The van der Waals surface area contributed by atoms with Crippen molar-refractivity contribution in [3.8, 4) is 28.7 Å². The van der Waals surface area contributed by atoms with Gasteiger partial charge in [0.05, 0.1) is 41.7 Å². The van der Waals surface area contributed by atoms with Crippen LogP contribution in [0.4, 0.5) is 0 Å². The molecule has 0 unspecified atom stereocenters. The Hall–Kier alpha value is -3.51. The van der Waals surface area contributed by atoms with E-state index in [-0.39, 0.29) is 5.54 Å². The second-order valence-corrected chi connectivity index (χ2v) is 8.19. The van der Waals surface area contributed by atoms with E-state index < -0.39 is 0 Å². The maximum absolute atomic E-state index is 9.53. The molecule has 0 atom stereocenters. The van der Waals surface area contributed by atoms with Crippen LogP contribution in [0.15, 0.2) is 43.2 Å². The smallest absolute Gasteiger partial charge is 0.149 e. The van der Waals surface area contributed by atoms with Crippen LogP contribution in [0, 0.1) is 11.3 Å². The van der Waals surface area contributed by atoms with Crippen molar-refractivity contribution in [1.82, 2.24) is 38.8 Å². The van der Waals surface area contributed by atoms with Gasteiger partial charge in [0.25, 0.3) is 0 Å². The molecule has 0 saturated carbocycles. The van der Waals surface area contributed by atoms with Crippen LogP contribution in [-0.4, -0.2) is 58.5 Å². The molecule has 0 N–H and O–H groups in total. The third-order valence-electron chi connectivity index (χ3n) is 6.36. The van der Waals surface area contributed by atoms with Crippen LogP contribution < -0.4 is 0 Å². The predicted molar refractivity (Wildman–Crippen MR) is 116 cm³/mol. The van der Waals surface area contributed by atoms with E-state index in [1.165, 1.54) is 0 Å². The van der Waals surface area contributed by atoms with Crippen LogP contribution in [0.25, 0.3) is 28.3 Å². The van der Waals surface area contributed by atoms with Crippen LogP contribution in [0.5, 0.6) is 0 Å². The van der Waals surface area contributed by atoms with Crippen LogP contribution in [0.1, 0.15) is 26.2 Å². The van der Waals surface area contributed by atoms with Crippen molar-refractivity contribution >= 4 is 5.65 Å². The maximum Gasteiger partial charge on any atom is 0.149 e. The molecule has 9 heteroatoms. The van der Waals surface area contributed by atoms with Gasteiger partial charge in [0.15, 0.2) is 0 Å². The van der Waals surface area contributed by atoms with Gasteiger partial charge in [-0.05, 0) is 19.4 Å². The molecule has 0 aliphatic carbocycles. The lowest BCUT2D eigenvalue weighted by Gasteiger charge is -2.40. The van der Waals surface area contributed by atoms with Gasteiger partial charge >= 0.3 is 0 Å². The van der Waals surface area contributed by atoms with Gasteiger partial charge in [0, 0.05) is 56.6 Å². The lowest BCUT2D eigenvalue weighted by atomic mass is 9.85. The molecule has 158 valence electrons. The SMILES string of the molecule is CCN1CCC(CC#N)(n2cc(-c3nc(-c4cnn(C)c4)cc4nccn34)cn2)CC1. The number of aryl methyl sites for hydroxylation is 1. The number of imidazole rings is 1. The van der Waals surface area contributed by atoms with Gasteiger partial charge < -0.3 is 4.90 Å². The summed E-state index contributed by atoms with van der Waals surface area (Å²) in [7, 11) is 1.89. The van der Waals surface area contributed by atoms with Crippen LogP contribution >= 0.6 is 0 Å². The molecule has 0 amide bonds. The quantitative estimate of drug-likeness (QED) is 0.498. The summed E-state index contributed by atoms with van der Waals surface area (Å²) in [6.45, 7) is 5.18. The van der Waals surface area contributed by atoms with Gasteiger partial charge in [-0.3, -0.25) is 13.8 Å². The number of likely N-dealkylation sites (tertiary alicyclic amines) is 1. The fourth-order valence-electron chi connectivity index (χ4n) is 4.45. The van der Waals surface area contributed by atoms with Crippen LogP contribution in [0.3, 0.4) is 0 Å². The summed E-state index contributed by atoms with van der Waals surface area (Å²) in [6.07, 6.45) is 13.6. The number of piperidine rings is 1. The topological polar surface area (TPSA) is 92.9 Å². The molecule has 0 bridgehead atoms. The first-order valence-electron chi connectivity index (χ1n) is 10.6. The number of nitrogens with zero attached hydrogens (tertiary/aromatic N) is 9. The lowest BCUT2D eigenvalue weighted by molar-refractivity contribution is 0.106. The molecule has 0 spiro atoms. The average molecular weight is 416 g/mol. The van der Waals surface area contributed by atoms with Gasteiger partial charge in [0.2, 0.25) is 0 Å². The fraction of sp³-hybridized carbons (Fsp3) is 0.409. The summed E-state index contributed by atoms with van der Waals surface area (Å²) in [5.41, 5.74) is 3.21. The minimum absolute atomic E-state index is 0.270. The van der Waals surface area contributed by atoms with Crippen molar-refractivity contribution in [3.05, 3.63) is 43.2 Å². The fourth-order valence-corrected chi connectivity index (χ4v) is 4.45. The molecule has 1 saturated heterocycles. The largest absolute Gasteiger partial charge is 0.303 e. The van der Waals surface area contributed by atoms with Gasteiger partial charge in [-0.2, -0.15) is 15.5 Å². The Morgan fingerprint density at radius 2 is 1.94 bits per heavy atom. The van der Waals surface area contributed by atoms with E-state index in [0.29, 0.717) is 6.42 Å². The summed E-state index contributed by atoms with van der Waals surface area (Å²) in [5, 5.41) is 18.5. The van der Waals surface area contributed by atoms with E-state index in [1.807, 2.05) is 47.0 Å². The number of fused-ring (bicyclic) bond motifs is 1. The third kappa shape index (κ3) is 3.39. The van der Waals surface area contributed by atoms with Crippen LogP contribution in [0.2, 0.25) is 0 Å². The molecule has 0 radical (unpaired) electrons. The number of aromatic nitrogens is 7. The number of hydrogen-bond donors (Lipinski definition) is 0. The zero-order valence-electron chi connectivity index (χ0n) is 17.8. The first-order chi connectivity index (χ1) is 15.1. The Balaban J connectivity index is 1.56. The summed E-state index contributed by atoms with van der Waals surface area (Å²) < 4.78 is 5.73. The van der Waals surface area contributed by atoms with E-state index in [1.54, 1.807) is 17.1 Å². The highest BCUT2D eigenvalue weighted by atomic mass is 15.3. The number of hydrogen-bond acceptors (Lipinski definition) is 6. The van der Waals surface area contributed by atoms with Gasteiger partial charge in [-0.1, -0.05) is 6.92 Å². The second-order valence-electron chi connectivity index (χ2n) is 8.19. The van der Waals surface area contributed by atoms with Crippen molar-refractivity contribution in [1.29, 1.82) is 5.26 Å². The molecule has 1 fully saturated rings. The molecule has 31 heavy (non-hydrogen) atoms. The molecular weight excluding hydrogens is 390 g/mol. The van der Waals surface area contributed by atoms with Gasteiger partial charge in [-0.25, -0.2) is 9.97 Å². The summed E-state index contributed by atoms with van der Waals surface area (Å²) >= 11 is 0. The minimum Gasteiger partial charge on any atom is -0.303 e. The lowest BCUT2D eigenvalue weighted by Crippen LogP contribution is -2.46. The number of rotatable bonds is 5. The molecular formula is C22H25N9. The third-order valence-corrected chi connectivity index (χ3v) is 6.36. The molecule has 5 rings (SSSR count). The van der Waals surface area contributed by atoms with Crippen molar-refractivity contribution in [2.24, 2.45) is 7.05 Å². The maximum atomic E-state index is 9.53. The van der Waals surface area contributed by atoms with E-state index in [2.05, 4.69) is 28.0 Å². The molecule has 4 aromatic heterocycles. The van der Waals surface area contributed by atoms with Gasteiger partial charge in [-0.15, -0.1) is 0 Å². The number of nitriles is 1. The molecule has 0 aromatic carbocycles. The van der Waals surface area contributed by atoms with Crippen LogP contribution in [-0.2, 0) is 12.6 Å². The first kappa shape index (κ1) is 19.5. The van der Waals surface area contributed by atoms with Gasteiger partial charge in [0.1, 0.15) is 11.5 Å². The Kier molecular flexibility index (Phi) is 4.79. The van der Waals surface area contributed by atoms with E-state index >= 15 is 0 Å². The van der Waals surface area contributed by atoms with Crippen molar-refractivity contribution in [3.63, 3.8) is 0 Å². The summed E-state index contributed by atoms with van der Waals surface area (Å²) in [5.74, 6) is 0.776. The molecule has 9 nitrogen and oxygen atoms in total. The van der Waals surface area contributed by atoms with Crippen molar-refractivity contribution in [2.75, 3.05) is 19.6 Å². The summed E-state index contributed by atoms with van der Waals surface area (Å²) in [4.78, 5) is 11.8. The second kappa shape index (κ2) is 7.63. The zero-order chi connectivity index (χ0) is 21.4. The predicted octanol–water partition coefficient (Wildman–Crippen LogP) is 2.72. The van der Waals surface area contributed by atoms with E-state index in [4.69, 9.17) is 10.1 Å². The Bertz CT molecular complexity index is 1250. The molecule has 1 aliphatic heterocycles. The molecule has 5 heterocycles. The average Bonchev–Trinajstić information content (AvgIpc) is 3.54. The Labute approximate surface area is 180 Å². The van der Waals surface area contributed by atoms with E-state index in [9.17, 15) is 5.26 Å². The standard InChI is InChI=1S/C22H25N9/c1-3-29-9-5-22(4-7-23,6-10-29)31-16-18(14-26-31)21-27-19(17-13-25-28(2)15-17)12-20-24-8-11-30(20)21/h8,11-16H,3-6,9-10H2,1-2H3. The Morgan fingerprint density at radius 3 is 2.65 bits per heavy atom. The van der Waals surface area contributed by atoms with Crippen molar-refractivity contribution < 1.29 is 0 Å². The molecule has 1 aliphatic rings. The highest BCUT2D eigenvalue weighted by Gasteiger charge is 2.37. The molecule has 4 aromatic rings. The highest BCUT2D eigenvalue weighted by Crippen LogP contribution is 2.34. The first-order valence-corrected chi connectivity index (χ1v) is 10.6. The van der Waals surface area contributed by atoms with Crippen molar-refractivity contribution in [2.45, 2.75) is 31.7 Å². The highest BCUT2D eigenvalue weighted by molar-refractivity contribution is 5.68. The Morgan fingerprint density at radius 1 is 1.13 bits per heavy atom. The van der Waals surface area contributed by atoms with E-state index in [0.717, 1.165) is 60.8 Å².